The van der Waals surface area contributed by atoms with Gasteiger partial charge in [0.25, 0.3) is 5.69 Å². The lowest BCUT2D eigenvalue weighted by Gasteiger charge is -2.31. The van der Waals surface area contributed by atoms with Crippen LogP contribution in [0.15, 0.2) is 54.6 Å². The molecule has 7 nitrogen and oxygen atoms in total. The van der Waals surface area contributed by atoms with E-state index in [1.165, 1.54) is 12.1 Å². The van der Waals surface area contributed by atoms with E-state index in [1.807, 2.05) is 30.3 Å². The summed E-state index contributed by atoms with van der Waals surface area (Å²) in [7, 11) is 0. The zero-order valence-electron chi connectivity index (χ0n) is 15.0. The maximum absolute atomic E-state index is 12.6. The molecule has 7 heteroatoms. The number of nitrogens with zero attached hydrogens (tertiary/aromatic N) is 2. The molecule has 1 atom stereocenters. The molecular formula is C20H23N3O4. The maximum atomic E-state index is 12.6. The van der Waals surface area contributed by atoms with Crippen molar-refractivity contribution in [1.82, 2.24) is 10.2 Å². The Labute approximate surface area is 158 Å². The summed E-state index contributed by atoms with van der Waals surface area (Å²) in [5.41, 5.74) is 1.82. The van der Waals surface area contributed by atoms with Crippen LogP contribution in [0.3, 0.4) is 0 Å². The van der Waals surface area contributed by atoms with Crippen LogP contribution in [-0.2, 0) is 16.0 Å². The molecule has 1 heterocycles. The Morgan fingerprint density at radius 2 is 1.78 bits per heavy atom. The number of nitro benzene ring substituents is 1. The van der Waals surface area contributed by atoms with E-state index < -0.39 is 4.92 Å². The van der Waals surface area contributed by atoms with Crippen molar-refractivity contribution < 1.29 is 14.5 Å². The number of hydrogen-bond acceptors (Lipinski definition) is 5. The molecule has 0 radical (unpaired) electrons. The van der Waals surface area contributed by atoms with Gasteiger partial charge in [-0.1, -0.05) is 42.5 Å². The molecule has 1 aliphatic rings. The van der Waals surface area contributed by atoms with Gasteiger partial charge in [0.05, 0.1) is 30.6 Å². The number of carbonyl (C=O) groups is 1. The molecule has 3 rings (SSSR count). The van der Waals surface area contributed by atoms with E-state index in [1.54, 1.807) is 12.1 Å². The Hall–Kier alpha value is -2.77. The van der Waals surface area contributed by atoms with Crippen molar-refractivity contribution in [3.63, 3.8) is 0 Å². The van der Waals surface area contributed by atoms with Gasteiger partial charge in [-0.15, -0.1) is 0 Å². The molecule has 1 saturated heterocycles. The van der Waals surface area contributed by atoms with Crippen LogP contribution < -0.4 is 5.32 Å². The summed E-state index contributed by atoms with van der Waals surface area (Å²) in [5.74, 6) is -0.106. The minimum absolute atomic E-state index is 0.0219. The molecule has 2 aromatic carbocycles. The van der Waals surface area contributed by atoms with Crippen molar-refractivity contribution in [2.24, 2.45) is 0 Å². The summed E-state index contributed by atoms with van der Waals surface area (Å²) in [6, 6.07) is 15.9. The number of nitro groups is 1. The number of hydrogen-bond donors (Lipinski definition) is 1. The first-order valence-electron chi connectivity index (χ1n) is 8.99. The van der Waals surface area contributed by atoms with Gasteiger partial charge in [-0.3, -0.25) is 19.8 Å². The van der Waals surface area contributed by atoms with Crippen LogP contribution >= 0.6 is 0 Å². The lowest BCUT2D eigenvalue weighted by Crippen LogP contribution is -2.43. The highest BCUT2D eigenvalue weighted by Gasteiger charge is 2.20. The smallest absolute Gasteiger partial charge is 0.269 e. The van der Waals surface area contributed by atoms with Gasteiger partial charge in [-0.05, 0) is 11.1 Å². The fraction of sp³-hybridized carbons (Fsp3) is 0.350. The number of nitrogens with one attached hydrogen (secondary N) is 1. The second kappa shape index (κ2) is 9.25. The molecule has 0 aliphatic carbocycles. The van der Waals surface area contributed by atoms with E-state index in [2.05, 4.69) is 10.2 Å². The number of carbonyl (C=O) groups excluding carboxylic acids is 1. The van der Waals surface area contributed by atoms with Crippen molar-refractivity contribution >= 4 is 11.6 Å². The van der Waals surface area contributed by atoms with Crippen LogP contribution in [-0.4, -0.2) is 48.6 Å². The normalized spacial score (nSPS) is 15.9. The highest BCUT2D eigenvalue weighted by molar-refractivity contribution is 5.79. The standard InChI is InChI=1S/C20H23N3O4/c24-20(14-16-6-8-18(9-7-16)23(25)26)21-19(17-4-2-1-3-5-17)15-22-10-12-27-13-11-22/h1-9,19H,10-15H2,(H,21,24). The summed E-state index contributed by atoms with van der Waals surface area (Å²) in [4.78, 5) is 25.1. The zero-order valence-corrected chi connectivity index (χ0v) is 15.0. The predicted molar refractivity (Wildman–Crippen MR) is 101 cm³/mol. The Balaban J connectivity index is 1.65. The summed E-state index contributed by atoms with van der Waals surface area (Å²) < 4.78 is 5.40. The van der Waals surface area contributed by atoms with Gasteiger partial charge in [-0.2, -0.15) is 0 Å². The van der Waals surface area contributed by atoms with Gasteiger partial charge in [0.2, 0.25) is 5.91 Å². The first kappa shape index (κ1) is 19.0. The summed E-state index contributed by atoms with van der Waals surface area (Å²) in [6.45, 7) is 3.83. The Morgan fingerprint density at radius 1 is 1.11 bits per heavy atom. The van der Waals surface area contributed by atoms with E-state index in [0.717, 1.165) is 30.8 Å². The van der Waals surface area contributed by atoms with Gasteiger partial charge in [0, 0.05) is 31.8 Å². The van der Waals surface area contributed by atoms with E-state index in [0.29, 0.717) is 13.2 Å². The average Bonchev–Trinajstić information content (AvgIpc) is 2.69. The third-order valence-electron chi connectivity index (χ3n) is 4.59. The third-order valence-corrected chi connectivity index (χ3v) is 4.59. The minimum Gasteiger partial charge on any atom is -0.379 e. The number of rotatable bonds is 7. The molecule has 1 N–H and O–H groups in total. The molecule has 0 bridgehead atoms. The largest absolute Gasteiger partial charge is 0.379 e. The lowest BCUT2D eigenvalue weighted by molar-refractivity contribution is -0.384. The monoisotopic (exact) mass is 369 g/mol. The van der Waals surface area contributed by atoms with Crippen molar-refractivity contribution in [2.75, 3.05) is 32.8 Å². The summed E-state index contributed by atoms with van der Waals surface area (Å²) in [5, 5.41) is 13.8. The molecular weight excluding hydrogens is 346 g/mol. The molecule has 1 fully saturated rings. The number of non-ortho nitro benzene ring substituents is 1. The second-order valence-corrected chi connectivity index (χ2v) is 6.54. The summed E-state index contributed by atoms with van der Waals surface area (Å²) in [6.07, 6.45) is 0.185. The van der Waals surface area contributed by atoms with Crippen LogP contribution in [0.5, 0.6) is 0 Å². The zero-order chi connectivity index (χ0) is 19.1. The number of amides is 1. The predicted octanol–water partition coefficient (Wildman–Crippen LogP) is 2.33. The van der Waals surface area contributed by atoms with Crippen molar-refractivity contribution in [2.45, 2.75) is 12.5 Å². The molecule has 2 aromatic rings. The van der Waals surface area contributed by atoms with Gasteiger partial charge >= 0.3 is 0 Å². The topological polar surface area (TPSA) is 84.7 Å². The fourth-order valence-corrected chi connectivity index (χ4v) is 3.13. The third kappa shape index (κ3) is 5.60. The second-order valence-electron chi connectivity index (χ2n) is 6.54. The highest BCUT2D eigenvalue weighted by atomic mass is 16.6. The van der Waals surface area contributed by atoms with Gasteiger partial charge in [0.15, 0.2) is 0 Å². The molecule has 0 aromatic heterocycles. The first-order valence-corrected chi connectivity index (χ1v) is 8.99. The van der Waals surface area contributed by atoms with Gasteiger partial charge in [0.1, 0.15) is 0 Å². The van der Waals surface area contributed by atoms with Gasteiger partial charge in [-0.25, -0.2) is 0 Å². The Bertz CT molecular complexity index is 759. The lowest BCUT2D eigenvalue weighted by atomic mass is 10.0. The van der Waals surface area contributed by atoms with E-state index >= 15 is 0 Å². The Kier molecular flexibility index (Phi) is 6.51. The number of benzene rings is 2. The SMILES string of the molecule is O=C(Cc1ccc([N+](=O)[O-])cc1)NC(CN1CCOCC1)c1ccccc1. The van der Waals surface area contributed by atoms with E-state index in [-0.39, 0.29) is 24.1 Å². The van der Waals surface area contributed by atoms with Crippen molar-refractivity contribution in [3.05, 3.63) is 75.8 Å². The van der Waals surface area contributed by atoms with Crippen LogP contribution in [0.4, 0.5) is 5.69 Å². The van der Waals surface area contributed by atoms with Crippen LogP contribution in [0.25, 0.3) is 0 Å². The average molecular weight is 369 g/mol. The molecule has 1 unspecified atom stereocenters. The minimum atomic E-state index is -0.447. The van der Waals surface area contributed by atoms with Crippen LogP contribution in [0.2, 0.25) is 0 Å². The molecule has 27 heavy (non-hydrogen) atoms. The molecule has 0 saturated carbocycles. The van der Waals surface area contributed by atoms with Crippen LogP contribution in [0, 0.1) is 10.1 Å². The van der Waals surface area contributed by atoms with E-state index in [4.69, 9.17) is 4.74 Å². The van der Waals surface area contributed by atoms with Gasteiger partial charge < -0.3 is 10.1 Å². The quantitative estimate of drug-likeness (QED) is 0.598. The van der Waals surface area contributed by atoms with Crippen LogP contribution in [0.1, 0.15) is 17.2 Å². The van der Waals surface area contributed by atoms with E-state index in [9.17, 15) is 14.9 Å². The summed E-state index contributed by atoms with van der Waals surface area (Å²) >= 11 is 0. The molecule has 142 valence electrons. The fourth-order valence-electron chi connectivity index (χ4n) is 3.13. The van der Waals surface area contributed by atoms with Crippen molar-refractivity contribution in [3.8, 4) is 0 Å². The van der Waals surface area contributed by atoms with Crippen molar-refractivity contribution in [1.29, 1.82) is 0 Å². The first-order chi connectivity index (χ1) is 13.1. The number of ether oxygens (including phenoxy) is 1. The highest BCUT2D eigenvalue weighted by Crippen LogP contribution is 2.17. The maximum Gasteiger partial charge on any atom is 0.269 e. The Morgan fingerprint density at radius 3 is 2.41 bits per heavy atom. The number of morpholine rings is 1. The molecule has 0 spiro atoms. The molecule has 1 aliphatic heterocycles. The molecule has 1 amide bonds.